The Kier molecular flexibility index (Phi) is 4.17. The Morgan fingerprint density at radius 3 is 2.72 bits per heavy atom. The fraction of sp³-hybridized carbons (Fsp3) is 0.538. The molecule has 2 unspecified atom stereocenters. The summed E-state index contributed by atoms with van der Waals surface area (Å²) in [7, 11) is -3.19. The van der Waals surface area contributed by atoms with Crippen molar-refractivity contribution in [3.05, 3.63) is 24.3 Å². The third kappa shape index (κ3) is 2.98. The minimum absolute atomic E-state index is 0.283. The predicted octanol–water partition coefficient (Wildman–Crippen LogP) is 2.91. The van der Waals surface area contributed by atoms with Crippen LogP contribution >= 0.6 is 11.6 Å². The molecular weight excluding hydrogens is 270 g/mol. The van der Waals surface area contributed by atoms with Crippen LogP contribution in [0.15, 0.2) is 29.2 Å². The van der Waals surface area contributed by atoms with Gasteiger partial charge in [-0.3, -0.25) is 0 Å². The number of sulfone groups is 1. The molecule has 1 saturated carbocycles. The molecule has 0 aliphatic heterocycles. The Morgan fingerprint density at radius 2 is 2.06 bits per heavy atom. The molecule has 18 heavy (non-hydrogen) atoms. The normalized spacial score (nSPS) is 24.1. The molecular formula is C13H18ClNO2S. The first-order valence-electron chi connectivity index (χ1n) is 6.14. The van der Waals surface area contributed by atoms with Gasteiger partial charge in [0, 0.05) is 18.2 Å². The lowest BCUT2D eigenvalue weighted by atomic mass is 10.1. The van der Waals surface area contributed by atoms with Gasteiger partial charge in [-0.15, -0.1) is 11.6 Å². The highest BCUT2D eigenvalue weighted by Gasteiger charge is 2.27. The summed E-state index contributed by atoms with van der Waals surface area (Å²) in [5.41, 5.74) is 0.696. The van der Waals surface area contributed by atoms with Crippen LogP contribution in [0.25, 0.3) is 0 Å². The van der Waals surface area contributed by atoms with Crippen LogP contribution in [0.5, 0.6) is 0 Å². The van der Waals surface area contributed by atoms with E-state index in [0.29, 0.717) is 22.4 Å². The molecule has 0 saturated heterocycles. The fourth-order valence-corrected chi connectivity index (χ4v) is 3.74. The SMILES string of the molecule is CS(=O)(=O)c1ccccc1NC1CCCC1CCl. The van der Waals surface area contributed by atoms with E-state index in [2.05, 4.69) is 5.32 Å². The predicted molar refractivity (Wildman–Crippen MR) is 75.0 cm³/mol. The number of alkyl halides is 1. The van der Waals surface area contributed by atoms with Gasteiger partial charge in [0.15, 0.2) is 9.84 Å². The van der Waals surface area contributed by atoms with Crippen LogP contribution in [-0.4, -0.2) is 26.6 Å². The first-order valence-corrected chi connectivity index (χ1v) is 8.56. The van der Waals surface area contributed by atoms with Gasteiger partial charge in [0.25, 0.3) is 0 Å². The molecule has 3 nitrogen and oxygen atoms in total. The maximum Gasteiger partial charge on any atom is 0.177 e. The summed E-state index contributed by atoms with van der Waals surface area (Å²) >= 11 is 5.94. The molecule has 1 N–H and O–H groups in total. The lowest BCUT2D eigenvalue weighted by Gasteiger charge is -2.21. The Labute approximate surface area is 113 Å². The van der Waals surface area contributed by atoms with Crippen molar-refractivity contribution in [1.82, 2.24) is 0 Å². The molecule has 0 heterocycles. The Morgan fingerprint density at radius 1 is 1.33 bits per heavy atom. The summed E-state index contributed by atoms with van der Waals surface area (Å²) in [5.74, 6) is 1.05. The monoisotopic (exact) mass is 287 g/mol. The van der Waals surface area contributed by atoms with E-state index in [1.54, 1.807) is 12.1 Å². The van der Waals surface area contributed by atoms with Crippen molar-refractivity contribution in [2.75, 3.05) is 17.5 Å². The first-order chi connectivity index (χ1) is 8.52. The van der Waals surface area contributed by atoms with Crippen molar-refractivity contribution >= 4 is 27.1 Å². The summed E-state index contributed by atoms with van der Waals surface area (Å²) in [5, 5.41) is 3.35. The van der Waals surface area contributed by atoms with Crippen LogP contribution in [0.2, 0.25) is 0 Å². The minimum atomic E-state index is -3.19. The average molecular weight is 288 g/mol. The average Bonchev–Trinajstić information content (AvgIpc) is 2.75. The number of hydrogen-bond acceptors (Lipinski definition) is 3. The van der Waals surface area contributed by atoms with E-state index < -0.39 is 9.84 Å². The maximum absolute atomic E-state index is 11.7. The molecule has 1 aliphatic carbocycles. The van der Waals surface area contributed by atoms with Crippen molar-refractivity contribution in [1.29, 1.82) is 0 Å². The molecule has 0 bridgehead atoms. The van der Waals surface area contributed by atoms with Gasteiger partial charge in [0.2, 0.25) is 0 Å². The molecule has 0 spiro atoms. The van der Waals surface area contributed by atoms with Gasteiger partial charge in [-0.25, -0.2) is 8.42 Å². The van der Waals surface area contributed by atoms with Crippen LogP contribution in [-0.2, 0) is 9.84 Å². The second-order valence-corrected chi connectivity index (χ2v) is 7.16. The van der Waals surface area contributed by atoms with Crippen LogP contribution < -0.4 is 5.32 Å². The lowest BCUT2D eigenvalue weighted by molar-refractivity contribution is 0.561. The van der Waals surface area contributed by atoms with E-state index in [0.717, 1.165) is 19.3 Å². The number of nitrogens with one attached hydrogen (secondary N) is 1. The number of halogens is 1. The Hall–Kier alpha value is -0.740. The van der Waals surface area contributed by atoms with Gasteiger partial charge >= 0.3 is 0 Å². The van der Waals surface area contributed by atoms with Gasteiger partial charge in [0.1, 0.15) is 0 Å². The Balaban J connectivity index is 2.24. The second kappa shape index (κ2) is 5.49. The van der Waals surface area contributed by atoms with Crippen molar-refractivity contribution < 1.29 is 8.42 Å². The van der Waals surface area contributed by atoms with Gasteiger partial charge in [-0.2, -0.15) is 0 Å². The maximum atomic E-state index is 11.7. The molecule has 0 radical (unpaired) electrons. The zero-order chi connectivity index (χ0) is 13.2. The van der Waals surface area contributed by atoms with Crippen LogP contribution in [0, 0.1) is 5.92 Å². The molecule has 2 rings (SSSR count). The summed E-state index contributed by atoms with van der Waals surface area (Å²) in [6, 6.07) is 7.34. The number of anilines is 1. The van der Waals surface area contributed by atoms with Crippen LogP contribution in [0.1, 0.15) is 19.3 Å². The van der Waals surface area contributed by atoms with E-state index in [1.807, 2.05) is 12.1 Å². The number of benzene rings is 1. The van der Waals surface area contributed by atoms with Gasteiger partial charge < -0.3 is 5.32 Å². The van der Waals surface area contributed by atoms with Gasteiger partial charge in [0.05, 0.1) is 10.6 Å². The zero-order valence-electron chi connectivity index (χ0n) is 10.4. The molecule has 0 amide bonds. The van der Waals surface area contributed by atoms with E-state index in [4.69, 9.17) is 11.6 Å². The zero-order valence-corrected chi connectivity index (χ0v) is 12.0. The number of para-hydroxylation sites is 1. The second-order valence-electron chi connectivity index (χ2n) is 4.86. The molecule has 1 aromatic rings. The summed E-state index contributed by atoms with van der Waals surface area (Å²) in [6.07, 6.45) is 4.55. The van der Waals surface area contributed by atoms with Crippen molar-refractivity contribution in [2.45, 2.75) is 30.2 Å². The highest BCUT2D eigenvalue weighted by Crippen LogP contribution is 2.31. The molecule has 1 fully saturated rings. The third-order valence-electron chi connectivity index (χ3n) is 3.48. The highest BCUT2D eigenvalue weighted by molar-refractivity contribution is 7.90. The third-order valence-corrected chi connectivity index (χ3v) is 5.04. The van der Waals surface area contributed by atoms with E-state index in [1.165, 1.54) is 6.26 Å². The van der Waals surface area contributed by atoms with E-state index in [9.17, 15) is 8.42 Å². The highest BCUT2D eigenvalue weighted by atomic mass is 35.5. The summed E-state index contributed by atoms with van der Waals surface area (Å²) < 4.78 is 23.4. The Bertz CT molecular complexity index is 515. The summed E-state index contributed by atoms with van der Waals surface area (Å²) in [4.78, 5) is 0.366. The minimum Gasteiger partial charge on any atom is -0.381 e. The first kappa shape index (κ1) is 13.7. The number of rotatable bonds is 4. The number of hydrogen-bond donors (Lipinski definition) is 1. The van der Waals surface area contributed by atoms with E-state index >= 15 is 0 Å². The molecule has 5 heteroatoms. The van der Waals surface area contributed by atoms with Crippen LogP contribution in [0.3, 0.4) is 0 Å². The fourth-order valence-electron chi connectivity index (χ4n) is 2.52. The van der Waals surface area contributed by atoms with Crippen molar-refractivity contribution in [3.63, 3.8) is 0 Å². The topological polar surface area (TPSA) is 46.2 Å². The van der Waals surface area contributed by atoms with Gasteiger partial charge in [-0.05, 0) is 30.9 Å². The summed E-state index contributed by atoms with van der Waals surface area (Å²) in [6.45, 7) is 0. The molecule has 100 valence electrons. The molecule has 1 aliphatic rings. The molecule has 2 atom stereocenters. The van der Waals surface area contributed by atoms with Crippen LogP contribution in [0.4, 0.5) is 5.69 Å². The standard InChI is InChI=1S/C13H18ClNO2S/c1-18(16,17)13-8-3-2-6-12(13)15-11-7-4-5-10(11)9-14/h2-3,6,8,10-11,15H,4-5,7,9H2,1H3. The largest absolute Gasteiger partial charge is 0.381 e. The van der Waals surface area contributed by atoms with Crippen molar-refractivity contribution in [3.8, 4) is 0 Å². The molecule has 0 aromatic heterocycles. The van der Waals surface area contributed by atoms with Crippen molar-refractivity contribution in [2.24, 2.45) is 5.92 Å². The van der Waals surface area contributed by atoms with E-state index in [-0.39, 0.29) is 6.04 Å². The smallest absolute Gasteiger partial charge is 0.177 e. The quantitative estimate of drug-likeness (QED) is 0.866. The molecule has 1 aromatic carbocycles. The lowest BCUT2D eigenvalue weighted by Crippen LogP contribution is -2.25. The van der Waals surface area contributed by atoms with Gasteiger partial charge in [-0.1, -0.05) is 18.6 Å².